The summed E-state index contributed by atoms with van der Waals surface area (Å²) in [6.07, 6.45) is 2.51. The van der Waals surface area contributed by atoms with Crippen LogP contribution in [0.1, 0.15) is 31.4 Å². The van der Waals surface area contributed by atoms with Crippen molar-refractivity contribution in [3.63, 3.8) is 0 Å². The number of hydrogen-bond acceptors (Lipinski definition) is 5. The van der Waals surface area contributed by atoms with Gasteiger partial charge in [0.2, 0.25) is 11.8 Å². The monoisotopic (exact) mass is 455 g/mol. The van der Waals surface area contributed by atoms with Crippen LogP contribution in [0, 0.1) is 0 Å². The largest absolute Gasteiger partial charge is 0.540 e. The van der Waals surface area contributed by atoms with Gasteiger partial charge in [0.25, 0.3) is 0 Å². The number of nitrogens with zero attached hydrogens (tertiary/aromatic N) is 2. The number of rotatable bonds is 10. The summed E-state index contributed by atoms with van der Waals surface area (Å²) in [5.74, 6) is 1.34. The SMILES string of the molecule is CC[C@@H](C)Oc1ccc(/C=N/N(C)[P+](=S)Oc2ccc(CP(=O)(O)O)cc2)cc1. The van der Waals surface area contributed by atoms with Crippen molar-refractivity contribution in [1.29, 1.82) is 0 Å². The van der Waals surface area contributed by atoms with E-state index in [2.05, 4.69) is 12.0 Å². The van der Waals surface area contributed by atoms with Gasteiger partial charge in [-0.25, -0.2) is 0 Å². The number of benzene rings is 2. The van der Waals surface area contributed by atoms with Gasteiger partial charge in [0.05, 0.1) is 25.5 Å². The molecule has 7 nitrogen and oxygen atoms in total. The Bertz CT molecular complexity index is 884. The van der Waals surface area contributed by atoms with E-state index >= 15 is 0 Å². The van der Waals surface area contributed by atoms with Gasteiger partial charge in [-0.1, -0.05) is 23.8 Å². The Kier molecular flexibility index (Phi) is 8.75. The predicted octanol–water partition coefficient (Wildman–Crippen LogP) is 4.66. The summed E-state index contributed by atoms with van der Waals surface area (Å²) in [6.45, 7) is 4.11. The lowest BCUT2D eigenvalue weighted by molar-refractivity contribution is 0.217. The van der Waals surface area contributed by atoms with Gasteiger partial charge >= 0.3 is 14.7 Å². The first kappa shape index (κ1) is 23.5. The van der Waals surface area contributed by atoms with E-state index in [4.69, 9.17) is 30.9 Å². The smallest absolute Gasteiger partial charge is 0.491 e. The first-order valence-electron chi connectivity index (χ1n) is 8.99. The van der Waals surface area contributed by atoms with E-state index in [1.165, 1.54) is 0 Å². The van der Waals surface area contributed by atoms with E-state index in [-0.39, 0.29) is 12.3 Å². The molecule has 2 N–H and O–H groups in total. The minimum atomic E-state index is -4.09. The second-order valence-corrected chi connectivity index (χ2v) is 10.3. The zero-order valence-electron chi connectivity index (χ0n) is 16.5. The molecule has 10 heteroatoms. The van der Waals surface area contributed by atoms with Crippen molar-refractivity contribution >= 4 is 32.7 Å². The number of hydrogen-bond donors (Lipinski definition) is 2. The van der Waals surface area contributed by atoms with Gasteiger partial charge in [0, 0.05) is 0 Å². The van der Waals surface area contributed by atoms with E-state index in [1.54, 1.807) is 42.3 Å². The van der Waals surface area contributed by atoms with E-state index in [9.17, 15) is 4.57 Å². The second-order valence-electron chi connectivity index (χ2n) is 6.44. The number of hydrazone groups is 1. The first-order chi connectivity index (χ1) is 13.7. The molecule has 2 rings (SSSR count). The van der Waals surface area contributed by atoms with Gasteiger partial charge in [0.1, 0.15) is 5.75 Å². The van der Waals surface area contributed by atoms with Crippen LogP contribution in [-0.2, 0) is 22.5 Å². The van der Waals surface area contributed by atoms with E-state index in [1.807, 2.05) is 31.2 Å². The molecule has 0 aliphatic carbocycles. The average Bonchev–Trinajstić information content (AvgIpc) is 2.67. The standard InChI is InChI=1S/C19H24N2O5P2S/c1-4-15(2)25-18-9-5-16(6-10-18)13-20-21(3)27(29)26-19-11-7-17(8-12-19)14-28(22,23)24/h5-13,15H,4,14H2,1-3H3,(H-,22,23,24)/p+1/b20-13+/t15-/m1/s1. The van der Waals surface area contributed by atoms with Crippen LogP contribution in [0.2, 0.25) is 0 Å². The molecule has 2 aromatic rings. The maximum Gasteiger partial charge on any atom is 0.540 e. The van der Waals surface area contributed by atoms with Crippen LogP contribution in [0.3, 0.4) is 0 Å². The molecule has 0 aromatic heterocycles. The molecule has 0 aliphatic heterocycles. The predicted molar refractivity (Wildman–Crippen MR) is 119 cm³/mol. The van der Waals surface area contributed by atoms with Crippen LogP contribution in [0.15, 0.2) is 53.6 Å². The highest BCUT2D eigenvalue weighted by Gasteiger charge is 2.21. The highest BCUT2D eigenvalue weighted by molar-refractivity contribution is 8.02. The highest BCUT2D eigenvalue weighted by Crippen LogP contribution is 2.39. The molecule has 0 saturated heterocycles. The molecule has 0 fully saturated rings. The minimum Gasteiger partial charge on any atom is -0.491 e. The maximum atomic E-state index is 11.0. The van der Waals surface area contributed by atoms with Gasteiger partial charge in [-0.15, -0.1) is 5.10 Å². The Hall–Kier alpha value is -1.82. The van der Waals surface area contributed by atoms with Crippen molar-refractivity contribution in [2.24, 2.45) is 5.10 Å². The summed E-state index contributed by atoms with van der Waals surface area (Å²) in [7, 11) is -3.79. The van der Waals surface area contributed by atoms with Crippen molar-refractivity contribution in [3.8, 4) is 11.5 Å². The molecule has 0 spiro atoms. The summed E-state index contributed by atoms with van der Waals surface area (Å²) in [5, 5.41) is 4.33. The normalized spacial score (nSPS) is 13.2. The van der Waals surface area contributed by atoms with Crippen LogP contribution in [0.5, 0.6) is 11.5 Å². The summed E-state index contributed by atoms with van der Waals surface area (Å²) in [6, 6.07) is 14.1. The molecule has 0 bridgehead atoms. The molecule has 2 atom stereocenters. The Morgan fingerprint density at radius 3 is 2.31 bits per heavy atom. The fourth-order valence-electron chi connectivity index (χ4n) is 2.18. The molecule has 29 heavy (non-hydrogen) atoms. The highest BCUT2D eigenvalue weighted by atomic mass is 32.4. The fourth-order valence-corrected chi connectivity index (χ4v) is 3.81. The van der Waals surface area contributed by atoms with Gasteiger partial charge in [0.15, 0.2) is 5.75 Å². The Morgan fingerprint density at radius 1 is 1.17 bits per heavy atom. The second kappa shape index (κ2) is 10.8. The van der Waals surface area contributed by atoms with Crippen molar-refractivity contribution in [1.82, 2.24) is 4.78 Å². The summed E-state index contributed by atoms with van der Waals surface area (Å²) in [4.78, 5) is 18.0. The topological polar surface area (TPSA) is 91.6 Å². The quantitative estimate of drug-likeness (QED) is 0.306. The molecule has 0 heterocycles. The maximum absolute atomic E-state index is 11.0. The van der Waals surface area contributed by atoms with Crippen LogP contribution < -0.4 is 9.26 Å². The Morgan fingerprint density at radius 2 is 1.76 bits per heavy atom. The molecule has 156 valence electrons. The summed E-state index contributed by atoms with van der Waals surface area (Å²) < 4.78 is 24.1. The molecule has 0 radical (unpaired) electrons. The van der Waals surface area contributed by atoms with Crippen molar-refractivity contribution in [3.05, 3.63) is 59.7 Å². The van der Waals surface area contributed by atoms with Crippen LogP contribution >= 0.6 is 14.7 Å². The molecule has 2 aromatic carbocycles. The third-order valence-electron chi connectivity index (χ3n) is 3.90. The third kappa shape index (κ3) is 8.60. The molecule has 0 amide bonds. The Labute approximate surface area is 177 Å². The Balaban J connectivity index is 1.90. The molecular weight excluding hydrogens is 430 g/mol. The third-order valence-corrected chi connectivity index (χ3v) is 6.55. The van der Waals surface area contributed by atoms with E-state index in [0.717, 1.165) is 17.7 Å². The van der Waals surface area contributed by atoms with E-state index in [0.29, 0.717) is 11.3 Å². The number of ether oxygens (including phenoxy) is 1. The van der Waals surface area contributed by atoms with Crippen molar-refractivity contribution in [2.75, 3.05) is 7.05 Å². The molecule has 0 aliphatic rings. The molecular formula is C19H25N2O5P2S+. The zero-order chi connectivity index (χ0) is 21.4. The molecule has 0 saturated carbocycles. The van der Waals surface area contributed by atoms with Crippen LogP contribution in [0.4, 0.5) is 0 Å². The van der Waals surface area contributed by atoms with Gasteiger partial charge in [-0.05, 0) is 60.9 Å². The lowest BCUT2D eigenvalue weighted by Crippen LogP contribution is -2.09. The lowest BCUT2D eigenvalue weighted by atomic mass is 10.2. The first-order valence-corrected chi connectivity index (χ1v) is 13.0. The summed E-state index contributed by atoms with van der Waals surface area (Å²) >= 11 is 5.37. The van der Waals surface area contributed by atoms with Crippen LogP contribution in [-0.4, -0.2) is 33.9 Å². The lowest BCUT2D eigenvalue weighted by Gasteiger charge is -2.12. The van der Waals surface area contributed by atoms with Crippen molar-refractivity contribution < 1.29 is 23.6 Å². The summed E-state index contributed by atoms with van der Waals surface area (Å²) in [5.41, 5.74) is 1.44. The minimum absolute atomic E-state index is 0.174. The van der Waals surface area contributed by atoms with Gasteiger partial charge < -0.3 is 14.5 Å². The van der Waals surface area contributed by atoms with Gasteiger partial charge in [-0.3, -0.25) is 9.09 Å². The zero-order valence-corrected chi connectivity index (χ0v) is 19.1. The van der Waals surface area contributed by atoms with E-state index < -0.39 is 14.7 Å². The average molecular weight is 455 g/mol. The van der Waals surface area contributed by atoms with Crippen molar-refractivity contribution in [2.45, 2.75) is 32.5 Å². The molecule has 1 unspecified atom stereocenters. The fraction of sp³-hybridized carbons (Fsp3) is 0.316. The van der Waals surface area contributed by atoms with Gasteiger partial charge in [-0.2, -0.15) is 0 Å². The van der Waals surface area contributed by atoms with Crippen LogP contribution in [0.25, 0.3) is 0 Å².